The molecule has 0 unspecified atom stereocenters. The van der Waals surface area contributed by atoms with Gasteiger partial charge in [0.05, 0.1) is 18.2 Å². The molecule has 0 heterocycles. The van der Waals surface area contributed by atoms with Crippen LogP contribution in [-0.4, -0.2) is 39.0 Å². The summed E-state index contributed by atoms with van der Waals surface area (Å²) in [6, 6.07) is 28.6. The van der Waals surface area contributed by atoms with Crippen LogP contribution in [0.5, 0.6) is 11.5 Å². The summed E-state index contributed by atoms with van der Waals surface area (Å²) in [5.74, 6) is 0.763. The molecule has 1 amide bonds. The zero-order valence-corrected chi connectivity index (χ0v) is 23.4. The van der Waals surface area contributed by atoms with E-state index in [1.807, 2.05) is 37.3 Å². The molecule has 0 saturated carbocycles. The van der Waals surface area contributed by atoms with Crippen molar-refractivity contribution in [2.24, 2.45) is 5.10 Å². The molecule has 0 aliphatic carbocycles. The first-order chi connectivity index (χ1) is 19.3. The highest BCUT2D eigenvalue weighted by Crippen LogP contribution is 2.28. The molecular formula is C31H31N3O5S. The number of ether oxygens (including phenoxy) is 2. The van der Waals surface area contributed by atoms with Crippen molar-refractivity contribution in [2.45, 2.75) is 25.0 Å². The Kier molecular flexibility index (Phi) is 9.31. The van der Waals surface area contributed by atoms with Gasteiger partial charge in [-0.3, -0.25) is 4.79 Å². The van der Waals surface area contributed by atoms with E-state index in [-0.39, 0.29) is 11.4 Å². The van der Waals surface area contributed by atoms with Crippen LogP contribution in [0.15, 0.2) is 107 Å². The van der Waals surface area contributed by atoms with Gasteiger partial charge in [-0.05, 0) is 66.1 Å². The first kappa shape index (κ1) is 28.5. The molecule has 0 spiro atoms. The molecule has 0 fully saturated rings. The van der Waals surface area contributed by atoms with E-state index in [9.17, 15) is 13.2 Å². The van der Waals surface area contributed by atoms with Gasteiger partial charge in [0, 0.05) is 19.2 Å². The normalized spacial score (nSPS) is 11.5. The summed E-state index contributed by atoms with van der Waals surface area (Å²) in [7, 11) is -0.522. The highest BCUT2D eigenvalue weighted by molar-refractivity contribution is 7.89. The molecule has 4 rings (SSSR count). The average molecular weight is 558 g/mol. The summed E-state index contributed by atoms with van der Waals surface area (Å²) in [6.45, 7) is 2.46. The fourth-order valence-corrected chi connectivity index (χ4v) is 5.00. The number of aryl methyl sites for hydroxylation is 1. The molecule has 0 bridgehead atoms. The van der Waals surface area contributed by atoms with Crippen LogP contribution in [0.3, 0.4) is 0 Å². The zero-order chi connectivity index (χ0) is 28.5. The van der Waals surface area contributed by atoms with Crippen LogP contribution in [0.4, 0.5) is 0 Å². The molecule has 0 aliphatic heterocycles. The highest BCUT2D eigenvalue weighted by atomic mass is 32.2. The van der Waals surface area contributed by atoms with E-state index in [0.717, 1.165) is 22.3 Å². The fraction of sp³-hybridized carbons (Fsp3) is 0.161. The molecule has 8 nitrogen and oxygen atoms in total. The number of amides is 1. The number of carbonyl (C=O) groups excluding carboxylic acids is 1. The van der Waals surface area contributed by atoms with Crippen molar-refractivity contribution >= 4 is 22.1 Å². The summed E-state index contributed by atoms with van der Waals surface area (Å²) in [5.41, 5.74) is 6.40. The molecule has 9 heteroatoms. The minimum atomic E-state index is -3.63. The quantitative estimate of drug-likeness (QED) is 0.203. The average Bonchev–Trinajstić information content (AvgIpc) is 2.97. The van der Waals surface area contributed by atoms with Crippen LogP contribution in [0.2, 0.25) is 0 Å². The lowest BCUT2D eigenvalue weighted by Crippen LogP contribution is -2.26. The SMILES string of the molecule is COc1ccc(/C=N/NC(=O)c2ccc(CN(C)S(=O)(=O)c3ccc(C)cc3)cc2)cc1OCc1ccccc1. The number of rotatable bonds is 11. The van der Waals surface area contributed by atoms with Crippen LogP contribution >= 0.6 is 0 Å². The van der Waals surface area contributed by atoms with Crippen molar-refractivity contribution in [1.29, 1.82) is 0 Å². The van der Waals surface area contributed by atoms with Crippen LogP contribution in [0.25, 0.3) is 0 Å². The van der Waals surface area contributed by atoms with Crippen molar-refractivity contribution < 1.29 is 22.7 Å². The largest absolute Gasteiger partial charge is 0.493 e. The second-order valence-corrected chi connectivity index (χ2v) is 11.2. The summed E-state index contributed by atoms with van der Waals surface area (Å²) in [5, 5.41) is 4.07. The minimum Gasteiger partial charge on any atom is -0.493 e. The molecule has 0 aliphatic rings. The van der Waals surface area contributed by atoms with Crippen molar-refractivity contribution in [3.05, 3.63) is 125 Å². The molecule has 0 saturated heterocycles. The molecule has 0 radical (unpaired) electrons. The lowest BCUT2D eigenvalue weighted by Gasteiger charge is -2.17. The number of hydrogen-bond acceptors (Lipinski definition) is 6. The topological polar surface area (TPSA) is 97.3 Å². The lowest BCUT2D eigenvalue weighted by atomic mass is 10.1. The minimum absolute atomic E-state index is 0.169. The molecule has 1 N–H and O–H groups in total. The van der Waals surface area contributed by atoms with Gasteiger partial charge in [-0.25, -0.2) is 13.8 Å². The van der Waals surface area contributed by atoms with Gasteiger partial charge in [-0.15, -0.1) is 0 Å². The van der Waals surface area contributed by atoms with Gasteiger partial charge in [0.25, 0.3) is 5.91 Å². The molecule has 206 valence electrons. The summed E-state index contributed by atoms with van der Waals surface area (Å²) >= 11 is 0. The van der Waals surface area contributed by atoms with Crippen molar-refractivity contribution in [3.8, 4) is 11.5 Å². The first-order valence-electron chi connectivity index (χ1n) is 12.6. The van der Waals surface area contributed by atoms with Gasteiger partial charge in [-0.1, -0.05) is 60.2 Å². The van der Waals surface area contributed by atoms with Crippen LogP contribution < -0.4 is 14.9 Å². The third-order valence-electron chi connectivity index (χ3n) is 6.16. The Morgan fingerprint density at radius 1 is 0.900 bits per heavy atom. The van der Waals surface area contributed by atoms with Crippen LogP contribution in [0, 0.1) is 6.92 Å². The molecule has 4 aromatic carbocycles. The number of benzene rings is 4. The van der Waals surface area contributed by atoms with Crippen molar-refractivity contribution in [1.82, 2.24) is 9.73 Å². The Morgan fingerprint density at radius 3 is 2.27 bits per heavy atom. The Hall–Kier alpha value is -4.47. The standard InChI is InChI=1S/C31H31N3O5S/c1-23-9-16-28(17-10-23)40(36,37)34(2)21-24-11-14-27(15-12-24)31(35)33-32-20-26-13-18-29(38-3)30(19-26)39-22-25-7-5-4-6-8-25/h4-20H,21-22H2,1-3H3,(H,33,35)/b32-20+. The first-order valence-corrected chi connectivity index (χ1v) is 14.0. The van der Waals surface area contributed by atoms with Crippen molar-refractivity contribution in [2.75, 3.05) is 14.2 Å². The van der Waals surface area contributed by atoms with Crippen molar-refractivity contribution in [3.63, 3.8) is 0 Å². The monoisotopic (exact) mass is 557 g/mol. The van der Waals surface area contributed by atoms with Gasteiger partial charge < -0.3 is 9.47 Å². The number of methoxy groups -OCH3 is 1. The van der Waals surface area contributed by atoms with E-state index in [2.05, 4.69) is 10.5 Å². The molecule has 4 aromatic rings. The zero-order valence-electron chi connectivity index (χ0n) is 22.6. The van der Waals surface area contributed by atoms with Gasteiger partial charge in [-0.2, -0.15) is 9.41 Å². The smallest absolute Gasteiger partial charge is 0.271 e. The maximum Gasteiger partial charge on any atom is 0.271 e. The van der Waals surface area contributed by atoms with E-state index >= 15 is 0 Å². The molecular weight excluding hydrogens is 526 g/mol. The predicted molar refractivity (Wildman–Crippen MR) is 155 cm³/mol. The Labute approximate surface area is 234 Å². The number of hydrazone groups is 1. The van der Waals surface area contributed by atoms with Crippen LogP contribution in [-0.2, 0) is 23.2 Å². The fourth-order valence-electron chi connectivity index (χ4n) is 3.85. The van der Waals surface area contributed by atoms with E-state index in [1.54, 1.807) is 73.8 Å². The summed E-state index contributed by atoms with van der Waals surface area (Å²) in [4.78, 5) is 12.8. The third-order valence-corrected chi connectivity index (χ3v) is 7.97. The van der Waals surface area contributed by atoms with E-state index in [4.69, 9.17) is 9.47 Å². The summed E-state index contributed by atoms with van der Waals surface area (Å²) in [6.07, 6.45) is 1.52. The Morgan fingerprint density at radius 2 is 1.60 bits per heavy atom. The molecule has 0 atom stereocenters. The van der Waals surface area contributed by atoms with E-state index in [0.29, 0.717) is 23.7 Å². The third kappa shape index (κ3) is 7.34. The highest BCUT2D eigenvalue weighted by Gasteiger charge is 2.20. The number of sulfonamides is 1. The van der Waals surface area contributed by atoms with Gasteiger partial charge in [0.2, 0.25) is 10.0 Å². The number of nitrogens with zero attached hydrogens (tertiary/aromatic N) is 2. The second-order valence-electron chi connectivity index (χ2n) is 9.15. The van der Waals surface area contributed by atoms with Gasteiger partial charge in [0.1, 0.15) is 6.61 Å². The van der Waals surface area contributed by atoms with E-state index < -0.39 is 15.9 Å². The maximum atomic E-state index is 12.8. The van der Waals surface area contributed by atoms with Gasteiger partial charge in [0.15, 0.2) is 11.5 Å². The number of hydrogen-bond donors (Lipinski definition) is 1. The Bertz CT molecular complexity index is 1570. The maximum absolute atomic E-state index is 12.8. The van der Waals surface area contributed by atoms with E-state index in [1.165, 1.54) is 17.6 Å². The van der Waals surface area contributed by atoms with Gasteiger partial charge >= 0.3 is 0 Å². The number of nitrogens with one attached hydrogen (secondary N) is 1. The number of carbonyl (C=O) groups is 1. The van der Waals surface area contributed by atoms with Crippen LogP contribution in [0.1, 0.15) is 32.6 Å². The molecule has 0 aromatic heterocycles. The Balaban J connectivity index is 1.34. The predicted octanol–water partition coefficient (Wildman–Crippen LogP) is 5.17. The molecule has 40 heavy (non-hydrogen) atoms. The second kappa shape index (κ2) is 13.1. The lowest BCUT2D eigenvalue weighted by molar-refractivity contribution is 0.0955. The summed E-state index contributed by atoms with van der Waals surface area (Å²) < 4.78 is 38.3.